The third-order valence-electron chi connectivity index (χ3n) is 1.98. The molecule has 0 N–H and O–H groups in total. The van der Waals surface area contributed by atoms with Crippen LogP contribution in [0.3, 0.4) is 0 Å². The van der Waals surface area contributed by atoms with Gasteiger partial charge in [-0.2, -0.15) is 5.26 Å². The van der Waals surface area contributed by atoms with E-state index in [1.54, 1.807) is 11.3 Å². The second-order valence-corrected chi connectivity index (χ2v) is 5.39. The SMILES string of the molecule is N#CCc1csc2ccc(Br)c(Br)c12. The van der Waals surface area contributed by atoms with Gasteiger partial charge in [0.1, 0.15) is 0 Å². The lowest BCUT2D eigenvalue weighted by Gasteiger charge is -1.99. The van der Waals surface area contributed by atoms with Crippen molar-refractivity contribution in [3.05, 3.63) is 32.0 Å². The molecule has 1 aromatic carbocycles. The number of rotatable bonds is 1. The first-order valence-electron chi connectivity index (χ1n) is 3.95. The smallest absolute Gasteiger partial charge is 0.0670 e. The maximum atomic E-state index is 8.69. The number of hydrogen-bond donors (Lipinski definition) is 0. The van der Waals surface area contributed by atoms with Gasteiger partial charge in [-0.05, 0) is 54.9 Å². The minimum absolute atomic E-state index is 0.467. The fourth-order valence-corrected chi connectivity index (χ4v) is 3.37. The minimum atomic E-state index is 0.467. The molecular weight excluding hydrogens is 326 g/mol. The highest BCUT2D eigenvalue weighted by molar-refractivity contribution is 9.13. The molecule has 0 unspecified atom stereocenters. The number of thiophene rings is 1. The molecule has 0 atom stereocenters. The molecule has 2 aromatic rings. The van der Waals surface area contributed by atoms with Crippen molar-refractivity contribution in [2.45, 2.75) is 6.42 Å². The zero-order valence-corrected chi connectivity index (χ0v) is 11.0. The quantitative estimate of drug-likeness (QED) is 0.755. The van der Waals surface area contributed by atoms with Gasteiger partial charge in [-0.1, -0.05) is 0 Å². The highest BCUT2D eigenvalue weighted by Gasteiger charge is 2.09. The maximum absolute atomic E-state index is 8.69. The van der Waals surface area contributed by atoms with E-state index in [-0.39, 0.29) is 0 Å². The van der Waals surface area contributed by atoms with Crippen molar-refractivity contribution in [1.82, 2.24) is 0 Å². The topological polar surface area (TPSA) is 23.8 Å². The van der Waals surface area contributed by atoms with Crippen LogP contribution in [0, 0.1) is 11.3 Å². The molecule has 0 aliphatic heterocycles. The number of benzene rings is 1. The van der Waals surface area contributed by atoms with E-state index in [0.717, 1.165) is 19.9 Å². The normalized spacial score (nSPS) is 10.4. The summed E-state index contributed by atoms with van der Waals surface area (Å²) in [7, 11) is 0. The Hall–Kier alpha value is -0.370. The number of hydrogen-bond acceptors (Lipinski definition) is 2. The van der Waals surface area contributed by atoms with Crippen LogP contribution in [0.5, 0.6) is 0 Å². The Balaban J connectivity index is 2.77. The number of halogens is 2. The summed E-state index contributed by atoms with van der Waals surface area (Å²) < 4.78 is 3.29. The summed E-state index contributed by atoms with van der Waals surface area (Å²) >= 11 is 8.67. The van der Waals surface area contributed by atoms with E-state index in [2.05, 4.69) is 44.0 Å². The molecule has 1 heterocycles. The Morgan fingerprint density at radius 3 is 2.86 bits per heavy atom. The lowest BCUT2D eigenvalue weighted by Crippen LogP contribution is -1.79. The molecule has 0 saturated heterocycles. The second-order valence-electron chi connectivity index (χ2n) is 2.83. The van der Waals surface area contributed by atoms with E-state index in [4.69, 9.17) is 5.26 Å². The van der Waals surface area contributed by atoms with Crippen LogP contribution in [0.1, 0.15) is 5.56 Å². The van der Waals surface area contributed by atoms with Gasteiger partial charge in [0.2, 0.25) is 0 Å². The fraction of sp³-hybridized carbons (Fsp3) is 0.100. The van der Waals surface area contributed by atoms with Gasteiger partial charge in [0.25, 0.3) is 0 Å². The standard InChI is InChI=1S/C10H5Br2NS/c11-7-1-2-8-9(10(7)12)6(3-4-13)5-14-8/h1-2,5H,3H2. The van der Waals surface area contributed by atoms with E-state index >= 15 is 0 Å². The van der Waals surface area contributed by atoms with E-state index in [1.807, 2.05) is 11.4 Å². The molecule has 0 fully saturated rings. The third kappa shape index (κ3) is 1.60. The summed E-state index contributed by atoms with van der Waals surface area (Å²) in [5, 5.41) is 11.9. The van der Waals surface area contributed by atoms with Crippen LogP contribution in [0.4, 0.5) is 0 Å². The van der Waals surface area contributed by atoms with Gasteiger partial charge in [0.15, 0.2) is 0 Å². The minimum Gasteiger partial charge on any atom is -0.198 e. The van der Waals surface area contributed by atoms with Gasteiger partial charge in [-0.15, -0.1) is 11.3 Å². The third-order valence-corrected chi connectivity index (χ3v) is 4.99. The maximum Gasteiger partial charge on any atom is 0.0670 e. The van der Waals surface area contributed by atoms with Gasteiger partial charge >= 0.3 is 0 Å². The summed E-state index contributed by atoms with van der Waals surface area (Å²) in [6, 6.07) is 6.26. The summed E-state index contributed by atoms with van der Waals surface area (Å²) in [5.41, 5.74) is 1.10. The first-order chi connectivity index (χ1) is 6.74. The Labute approximate surface area is 103 Å². The highest BCUT2D eigenvalue weighted by atomic mass is 79.9. The monoisotopic (exact) mass is 329 g/mol. The predicted octanol–water partition coefficient (Wildman–Crippen LogP) is 4.49. The van der Waals surface area contributed by atoms with Crippen LogP contribution in [-0.4, -0.2) is 0 Å². The van der Waals surface area contributed by atoms with Crippen molar-refractivity contribution in [3.63, 3.8) is 0 Å². The van der Waals surface area contributed by atoms with Crippen LogP contribution in [-0.2, 0) is 6.42 Å². The van der Waals surface area contributed by atoms with E-state index in [9.17, 15) is 0 Å². The van der Waals surface area contributed by atoms with E-state index in [1.165, 1.54) is 4.70 Å². The van der Waals surface area contributed by atoms with E-state index < -0.39 is 0 Å². The molecule has 1 nitrogen and oxygen atoms in total. The van der Waals surface area contributed by atoms with Crippen LogP contribution in [0.2, 0.25) is 0 Å². The zero-order valence-electron chi connectivity index (χ0n) is 7.05. The van der Waals surface area contributed by atoms with Gasteiger partial charge < -0.3 is 0 Å². The molecule has 14 heavy (non-hydrogen) atoms. The summed E-state index contributed by atoms with van der Waals surface area (Å²) in [4.78, 5) is 0. The van der Waals surface area contributed by atoms with Crippen molar-refractivity contribution >= 4 is 53.3 Å². The molecular formula is C10H5Br2NS. The predicted molar refractivity (Wildman–Crippen MR) is 66.5 cm³/mol. The van der Waals surface area contributed by atoms with Crippen molar-refractivity contribution < 1.29 is 0 Å². The fourth-order valence-electron chi connectivity index (χ4n) is 1.34. The molecule has 0 radical (unpaired) electrons. The molecule has 0 aliphatic rings. The van der Waals surface area contributed by atoms with Gasteiger partial charge in [-0.3, -0.25) is 0 Å². The largest absolute Gasteiger partial charge is 0.198 e. The Morgan fingerprint density at radius 1 is 1.36 bits per heavy atom. The molecule has 0 aliphatic carbocycles. The average molecular weight is 331 g/mol. The molecule has 2 rings (SSSR count). The van der Waals surface area contributed by atoms with Crippen molar-refractivity contribution in [2.24, 2.45) is 0 Å². The van der Waals surface area contributed by atoms with Crippen molar-refractivity contribution in [2.75, 3.05) is 0 Å². The Morgan fingerprint density at radius 2 is 2.14 bits per heavy atom. The Bertz CT molecular complexity index is 525. The molecule has 4 heteroatoms. The van der Waals surface area contributed by atoms with Gasteiger partial charge in [-0.25, -0.2) is 0 Å². The van der Waals surface area contributed by atoms with Crippen LogP contribution < -0.4 is 0 Å². The second kappa shape index (κ2) is 4.01. The lowest BCUT2D eigenvalue weighted by atomic mass is 10.1. The van der Waals surface area contributed by atoms with Crippen LogP contribution in [0.25, 0.3) is 10.1 Å². The summed E-state index contributed by atoms with van der Waals surface area (Å²) in [5.74, 6) is 0. The molecule has 0 saturated carbocycles. The van der Waals surface area contributed by atoms with E-state index in [0.29, 0.717) is 6.42 Å². The molecule has 0 spiro atoms. The van der Waals surface area contributed by atoms with Crippen LogP contribution in [0.15, 0.2) is 26.5 Å². The number of nitrogens with zero attached hydrogens (tertiary/aromatic N) is 1. The summed E-state index contributed by atoms with van der Waals surface area (Å²) in [6.07, 6.45) is 0.467. The molecule has 0 bridgehead atoms. The first-order valence-corrected chi connectivity index (χ1v) is 6.41. The van der Waals surface area contributed by atoms with Crippen molar-refractivity contribution in [3.8, 4) is 6.07 Å². The highest BCUT2D eigenvalue weighted by Crippen LogP contribution is 2.37. The number of fused-ring (bicyclic) bond motifs is 1. The molecule has 70 valence electrons. The summed E-state index contributed by atoms with van der Waals surface area (Å²) in [6.45, 7) is 0. The average Bonchev–Trinajstić information content (AvgIpc) is 2.57. The van der Waals surface area contributed by atoms with Crippen molar-refractivity contribution in [1.29, 1.82) is 5.26 Å². The molecule has 1 aromatic heterocycles. The molecule has 0 amide bonds. The number of nitriles is 1. The zero-order chi connectivity index (χ0) is 10.1. The van der Waals surface area contributed by atoms with Gasteiger partial charge in [0, 0.05) is 19.0 Å². The van der Waals surface area contributed by atoms with Gasteiger partial charge in [0.05, 0.1) is 12.5 Å². The lowest BCUT2D eigenvalue weighted by molar-refractivity contribution is 1.30. The first kappa shape index (κ1) is 10.2. The Kier molecular flexibility index (Phi) is 2.91. The van der Waals surface area contributed by atoms with Crippen LogP contribution >= 0.6 is 43.2 Å².